The number of likely N-dealkylation sites (tertiary alicyclic amines) is 1. The lowest BCUT2D eigenvalue weighted by atomic mass is 10.00. The monoisotopic (exact) mass is 285 g/mol. The van der Waals surface area contributed by atoms with Gasteiger partial charge in [-0.05, 0) is 26.2 Å². The van der Waals surface area contributed by atoms with Gasteiger partial charge in [0.2, 0.25) is 5.91 Å². The van der Waals surface area contributed by atoms with Crippen LogP contribution in [0.1, 0.15) is 33.1 Å². The minimum absolute atomic E-state index is 0.0645. The zero-order chi connectivity index (χ0) is 15.3. The molecule has 3 amide bonds. The standard InChI is InChI=1S/C13H23N3O4/c1-4-7-14-10(17)9-15(3)12(20)16-8-5-6-13(16,2)11(18)19/h4-9H2,1-3H3,(H,14,17)(H,18,19). The van der Waals surface area contributed by atoms with Crippen molar-refractivity contribution in [3.05, 3.63) is 0 Å². The molecular weight excluding hydrogens is 262 g/mol. The number of rotatable bonds is 5. The van der Waals surface area contributed by atoms with Gasteiger partial charge in [-0.15, -0.1) is 0 Å². The number of nitrogens with zero attached hydrogens (tertiary/aromatic N) is 2. The van der Waals surface area contributed by atoms with Crippen LogP contribution in [0.3, 0.4) is 0 Å². The van der Waals surface area contributed by atoms with E-state index in [1.54, 1.807) is 6.92 Å². The zero-order valence-corrected chi connectivity index (χ0v) is 12.3. The summed E-state index contributed by atoms with van der Waals surface area (Å²) in [6, 6.07) is -0.418. The molecule has 1 heterocycles. The van der Waals surface area contributed by atoms with Crippen LogP contribution in [0.2, 0.25) is 0 Å². The van der Waals surface area contributed by atoms with E-state index in [9.17, 15) is 19.5 Å². The van der Waals surface area contributed by atoms with Crippen LogP contribution in [0.5, 0.6) is 0 Å². The summed E-state index contributed by atoms with van der Waals surface area (Å²) in [4.78, 5) is 37.8. The van der Waals surface area contributed by atoms with E-state index in [1.807, 2.05) is 6.92 Å². The predicted octanol–water partition coefficient (Wildman–Crippen LogP) is 0.504. The molecule has 7 heteroatoms. The van der Waals surface area contributed by atoms with E-state index in [2.05, 4.69) is 5.32 Å². The number of carboxylic acid groups (broad SMARTS) is 1. The number of hydrogen-bond acceptors (Lipinski definition) is 3. The lowest BCUT2D eigenvalue weighted by Gasteiger charge is -2.34. The van der Waals surface area contributed by atoms with Crippen molar-refractivity contribution in [1.82, 2.24) is 15.1 Å². The van der Waals surface area contributed by atoms with Gasteiger partial charge in [-0.1, -0.05) is 6.92 Å². The zero-order valence-electron chi connectivity index (χ0n) is 12.3. The molecule has 0 radical (unpaired) electrons. The fraction of sp³-hybridized carbons (Fsp3) is 0.769. The molecule has 0 bridgehead atoms. The quantitative estimate of drug-likeness (QED) is 0.770. The number of hydrogen-bond donors (Lipinski definition) is 2. The number of carbonyl (C=O) groups excluding carboxylic acids is 2. The topological polar surface area (TPSA) is 90.0 Å². The van der Waals surface area contributed by atoms with Crippen LogP contribution in [0.4, 0.5) is 4.79 Å². The van der Waals surface area contributed by atoms with Crippen molar-refractivity contribution < 1.29 is 19.5 Å². The van der Waals surface area contributed by atoms with E-state index < -0.39 is 17.5 Å². The van der Waals surface area contributed by atoms with Crippen LogP contribution < -0.4 is 5.32 Å². The van der Waals surface area contributed by atoms with Crippen molar-refractivity contribution >= 4 is 17.9 Å². The Kier molecular flexibility index (Phi) is 5.35. The van der Waals surface area contributed by atoms with Crippen molar-refractivity contribution in [1.29, 1.82) is 0 Å². The summed E-state index contributed by atoms with van der Waals surface area (Å²) in [5.41, 5.74) is -1.18. The fourth-order valence-electron chi connectivity index (χ4n) is 2.30. The molecule has 1 unspecified atom stereocenters. The molecule has 0 aliphatic carbocycles. The van der Waals surface area contributed by atoms with Crippen molar-refractivity contribution in [3.63, 3.8) is 0 Å². The molecule has 0 saturated carbocycles. The van der Waals surface area contributed by atoms with E-state index >= 15 is 0 Å². The van der Waals surface area contributed by atoms with Crippen LogP contribution in [-0.2, 0) is 9.59 Å². The largest absolute Gasteiger partial charge is 0.480 e. The lowest BCUT2D eigenvalue weighted by molar-refractivity contribution is -0.147. The minimum atomic E-state index is -1.18. The lowest BCUT2D eigenvalue weighted by Crippen LogP contribution is -2.55. The molecule has 1 aliphatic heterocycles. The molecule has 0 aromatic carbocycles. The Balaban J connectivity index is 2.65. The predicted molar refractivity (Wildman–Crippen MR) is 73.3 cm³/mol. The van der Waals surface area contributed by atoms with Crippen molar-refractivity contribution in [2.45, 2.75) is 38.6 Å². The summed E-state index contributed by atoms with van der Waals surface area (Å²) in [6.45, 7) is 4.40. The third kappa shape index (κ3) is 3.40. The van der Waals surface area contributed by atoms with Gasteiger partial charge in [-0.2, -0.15) is 0 Å². The van der Waals surface area contributed by atoms with Gasteiger partial charge in [0.15, 0.2) is 0 Å². The highest BCUT2D eigenvalue weighted by atomic mass is 16.4. The van der Waals surface area contributed by atoms with Crippen molar-refractivity contribution in [2.24, 2.45) is 0 Å². The number of urea groups is 1. The number of carbonyl (C=O) groups is 3. The van der Waals surface area contributed by atoms with Crippen LogP contribution in [0, 0.1) is 0 Å². The maximum Gasteiger partial charge on any atom is 0.329 e. The summed E-state index contributed by atoms with van der Waals surface area (Å²) in [6.07, 6.45) is 1.92. The highest BCUT2D eigenvalue weighted by Gasteiger charge is 2.46. The van der Waals surface area contributed by atoms with Crippen molar-refractivity contribution in [2.75, 3.05) is 26.7 Å². The normalized spacial score (nSPS) is 21.6. The first-order valence-corrected chi connectivity index (χ1v) is 6.85. The smallest absolute Gasteiger partial charge is 0.329 e. The molecule has 1 fully saturated rings. The Hall–Kier alpha value is -1.79. The molecule has 20 heavy (non-hydrogen) atoms. The van der Waals surface area contributed by atoms with E-state index in [4.69, 9.17) is 0 Å². The average Bonchev–Trinajstić information content (AvgIpc) is 2.78. The molecule has 0 spiro atoms. The number of carboxylic acids is 1. The second-order valence-electron chi connectivity index (χ2n) is 5.32. The van der Waals surface area contributed by atoms with Crippen LogP contribution in [-0.4, -0.2) is 65.0 Å². The molecule has 0 aromatic heterocycles. The van der Waals surface area contributed by atoms with E-state index in [0.717, 1.165) is 6.42 Å². The van der Waals surface area contributed by atoms with Crippen molar-refractivity contribution in [3.8, 4) is 0 Å². The minimum Gasteiger partial charge on any atom is -0.480 e. The molecule has 2 N–H and O–H groups in total. The molecule has 7 nitrogen and oxygen atoms in total. The Morgan fingerprint density at radius 2 is 2.05 bits per heavy atom. The van der Waals surface area contributed by atoms with Gasteiger partial charge in [-0.25, -0.2) is 9.59 Å². The van der Waals surface area contributed by atoms with Crippen LogP contribution in [0.15, 0.2) is 0 Å². The average molecular weight is 285 g/mol. The first-order valence-electron chi connectivity index (χ1n) is 6.85. The third-order valence-corrected chi connectivity index (χ3v) is 3.61. The molecular formula is C13H23N3O4. The van der Waals surface area contributed by atoms with E-state index in [1.165, 1.54) is 16.8 Å². The maximum absolute atomic E-state index is 12.3. The molecule has 1 aliphatic rings. The third-order valence-electron chi connectivity index (χ3n) is 3.61. The SMILES string of the molecule is CCCNC(=O)CN(C)C(=O)N1CCCC1(C)C(=O)O. The van der Waals surface area contributed by atoms with E-state index in [-0.39, 0.29) is 12.5 Å². The Morgan fingerprint density at radius 3 is 2.60 bits per heavy atom. The summed E-state index contributed by atoms with van der Waals surface area (Å²) < 4.78 is 0. The number of aliphatic carboxylic acids is 1. The fourth-order valence-corrected chi connectivity index (χ4v) is 2.30. The summed E-state index contributed by atoms with van der Waals surface area (Å²) in [5.74, 6) is -1.24. The Morgan fingerprint density at radius 1 is 1.40 bits per heavy atom. The van der Waals surface area contributed by atoms with Gasteiger partial charge in [-0.3, -0.25) is 4.79 Å². The van der Waals surface area contributed by atoms with Gasteiger partial charge in [0.1, 0.15) is 12.1 Å². The maximum atomic E-state index is 12.3. The molecule has 1 saturated heterocycles. The highest BCUT2D eigenvalue weighted by Crippen LogP contribution is 2.30. The Bertz CT molecular complexity index is 399. The number of nitrogens with one attached hydrogen (secondary N) is 1. The first kappa shape index (κ1) is 16.3. The van der Waals surface area contributed by atoms with Gasteiger partial charge in [0.25, 0.3) is 0 Å². The van der Waals surface area contributed by atoms with Gasteiger partial charge in [0, 0.05) is 20.1 Å². The molecule has 1 rings (SSSR count). The first-order chi connectivity index (χ1) is 9.32. The Labute approximate surface area is 118 Å². The molecule has 0 aromatic rings. The van der Waals surface area contributed by atoms with E-state index in [0.29, 0.717) is 25.9 Å². The van der Waals surface area contributed by atoms with Gasteiger partial charge < -0.3 is 20.2 Å². The second kappa shape index (κ2) is 6.58. The summed E-state index contributed by atoms with van der Waals surface area (Å²) >= 11 is 0. The highest BCUT2D eigenvalue weighted by molar-refractivity contribution is 5.89. The van der Waals surface area contributed by atoms with Crippen LogP contribution in [0.25, 0.3) is 0 Å². The van der Waals surface area contributed by atoms with Gasteiger partial charge in [0.05, 0.1) is 0 Å². The second-order valence-corrected chi connectivity index (χ2v) is 5.32. The van der Waals surface area contributed by atoms with Gasteiger partial charge >= 0.3 is 12.0 Å². The number of likely N-dealkylation sites (N-methyl/N-ethyl adjacent to an activating group) is 1. The molecule has 1 atom stereocenters. The summed E-state index contributed by atoms with van der Waals surface area (Å²) in [5, 5.41) is 12.0. The number of amides is 3. The van der Waals surface area contributed by atoms with Crippen LogP contribution >= 0.6 is 0 Å². The summed E-state index contributed by atoms with van der Waals surface area (Å²) in [7, 11) is 1.51. The molecule has 114 valence electrons.